The maximum atomic E-state index is 11.9. The monoisotopic (exact) mass is 234 g/mol. The van der Waals surface area contributed by atoms with Crippen molar-refractivity contribution in [2.24, 2.45) is 0 Å². The highest BCUT2D eigenvalue weighted by Gasteiger charge is 2.26. The lowest BCUT2D eigenvalue weighted by molar-refractivity contribution is -0.384. The first-order valence-corrected chi connectivity index (χ1v) is 4.34. The largest absolute Gasteiger partial charge is 0.405 e. The van der Waals surface area contributed by atoms with E-state index in [9.17, 15) is 23.3 Å². The molecule has 0 aliphatic heterocycles. The van der Waals surface area contributed by atoms with Crippen molar-refractivity contribution in [2.45, 2.75) is 13.1 Å². The van der Waals surface area contributed by atoms with Crippen LogP contribution < -0.4 is 5.32 Å². The summed E-state index contributed by atoms with van der Waals surface area (Å²) < 4.78 is 35.7. The number of non-ortho nitro benzene ring substituents is 1. The lowest BCUT2D eigenvalue weighted by Crippen LogP contribution is -2.21. The van der Waals surface area contributed by atoms with Crippen molar-refractivity contribution in [3.63, 3.8) is 0 Å². The summed E-state index contributed by atoms with van der Waals surface area (Å²) in [7, 11) is 0. The molecule has 0 bridgehead atoms. The van der Waals surface area contributed by atoms with Gasteiger partial charge in [0, 0.05) is 17.8 Å². The number of nitro groups is 1. The van der Waals surface area contributed by atoms with Gasteiger partial charge in [-0.1, -0.05) is 0 Å². The van der Waals surface area contributed by atoms with Crippen molar-refractivity contribution in [3.05, 3.63) is 33.9 Å². The number of benzene rings is 1. The number of anilines is 1. The summed E-state index contributed by atoms with van der Waals surface area (Å²) >= 11 is 0. The van der Waals surface area contributed by atoms with E-state index in [2.05, 4.69) is 5.32 Å². The second kappa shape index (κ2) is 4.38. The average Bonchev–Trinajstić information content (AvgIpc) is 2.13. The summed E-state index contributed by atoms with van der Waals surface area (Å²) in [5.41, 5.74) is 0.382. The van der Waals surface area contributed by atoms with Gasteiger partial charge in [0.05, 0.1) is 4.92 Å². The van der Waals surface area contributed by atoms with E-state index >= 15 is 0 Å². The average molecular weight is 234 g/mol. The summed E-state index contributed by atoms with van der Waals surface area (Å²) in [5.74, 6) is 0. The van der Waals surface area contributed by atoms with Gasteiger partial charge in [-0.2, -0.15) is 13.2 Å². The standard InChI is InChI=1S/C9H9F3N2O2/c1-6-2-7(13-5-9(10,11)12)4-8(3-6)14(15)16/h2-4,13H,5H2,1H3. The molecule has 7 heteroatoms. The summed E-state index contributed by atoms with van der Waals surface area (Å²) in [5, 5.41) is 12.6. The fourth-order valence-electron chi connectivity index (χ4n) is 1.17. The van der Waals surface area contributed by atoms with Gasteiger partial charge >= 0.3 is 6.18 Å². The Morgan fingerprint density at radius 2 is 2.00 bits per heavy atom. The van der Waals surface area contributed by atoms with Gasteiger partial charge in [-0.3, -0.25) is 10.1 Å². The van der Waals surface area contributed by atoms with E-state index in [0.29, 0.717) is 5.56 Å². The molecule has 0 fully saturated rings. The highest BCUT2D eigenvalue weighted by molar-refractivity contribution is 5.53. The number of nitro benzene ring substituents is 1. The highest BCUT2D eigenvalue weighted by Crippen LogP contribution is 2.22. The van der Waals surface area contributed by atoms with Gasteiger partial charge in [0.2, 0.25) is 0 Å². The molecule has 1 aromatic rings. The van der Waals surface area contributed by atoms with Crippen molar-refractivity contribution in [1.29, 1.82) is 0 Å². The van der Waals surface area contributed by atoms with Crippen molar-refractivity contribution in [3.8, 4) is 0 Å². The van der Waals surface area contributed by atoms with Gasteiger partial charge in [0.1, 0.15) is 6.54 Å². The molecule has 0 radical (unpaired) electrons. The Balaban J connectivity index is 2.85. The zero-order valence-electron chi connectivity index (χ0n) is 8.34. The lowest BCUT2D eigenvalue weighted by atomic mass is 10.2. The van der Waals surface area contributed by atoms with E-state index in [1.54, 1.807) is 6.92 Å². The summed E-state index contributed by atoms with van der Waals surface area (Å²) in [6.45, 7) is 0.360. The highest BCUT2D eigenvalue weighted by atomic mass is 19.4. The topological polar surface area (TPSA) is 55.2 Å². The number of aryl methyl sites for hydroxylation is 1. The van der Waals surface area contributed by atoms with Crippen LogP contribution in [0.4, 0.5) is 24.5 Å². The van der Waals surface area contributed by atoms with Gasteiger partial charge in [-0.15, -0.1) is 0 Å². The smallest absolute Gasteiger partial charge is 0.376 e. The minimum atomic E-state index is -4.35. The third kappa shape index (κ3) is 3.76. The first-order chi connectivity index (χ1) is 7.28. The molecular weight excluding hydrogens is 225 g/mol. The van der Waals surface area contributed by atoms with Crippen LogP contribution in [0.3, 0.4) is 0 Å². The summed E-state index contributed by atoms with van der Waals surface area (Å²) in [6.07, 6.45) is -4.35. The van der Waals surface area contributed by atoms with Crippen molar-refractivity contribution >= 4 is 11.4 Å². The number of rotatable bonds is 3. The number of hydrogen-bond acceptors (Lipinski definition) is 3. The maximum absolute atomic E-state index is 11.9. The van der Waals surface area contributed by atoms with Crippen LogP contribution in [0.15, 0.2) is 18.2 Å². The number of hydrogen-bond donors (Lipinski definition) is 1. The fraction of sp³-hybridized carbons (Fsp3) is 0.333. The molecule has 0 spiro atoms. The molecule has 16 heavy (non-hydrogen) atoms. The van der Waals surface area contributed by atoms with Crippen molar-refractivity contribution in [1.82, 2.24) is 0 Å². The third-order valence-corrected chi connectivity index (χ3v) is 1.77. The van der Waals surface area contributed by atoms with Gasteiger partial charge in [-0.25, -0.2) is 0 Å². The Morgan fingerprint density at radius 1 is 1.38 bits per heavy atom. The van der Waals surface area contributed by atoms with Crippen LogP contribution in [0.2, 0.25) is 0 Å². The Bertz CT molecular complexity index is 404. The third-order valence-electron chi connectivity index (χ3n) is 1.77. The summed E-state index contributed by atoms with van der Waals surface area (Å²) in [4.78, 5) is 9.82. The molecule has 4 nitrogen and oxygen atoms in total. The van der Waals surface area contributed by atoms with Gasteiger partial charge in [-0.05, 0) is 18.6 Å². The van der Waals surface area contributed by atoms with Crippen molar-refractivity contribution < 1.29 is 18.1 Å². The van der Waals surface area contributed by atoms with Gasteiger partial charge < -0.3 is 5.32 Å². The van der Waals surface area contributed by atoms with Crippen molar-refractivity contribution in [2.75, 3.05) is 11.9 Å². The van der Waals surface area contributed by atoms with Crippen LogP contribution >= 0.6 is 0 Å². The van der Waals surface area contributed by atoms with E-state index in [-0.39, 0.29) is 11.4 Å². The Hall–Kier alpha value is -1.79. The molecule has 0 amide bonds. The lowest BCUT2D eigenvalue weighted by Gasteiger charge is -2.09. The predicted molar refractivity (Wildman–Crippen MR) is 52.4 cm³/mol. The fourth-order valence-corrected chi connectivity index (χ4v) is 1.17. The number of nitrogens with one attached hydrogen (secondary N) is 1. The molecule has 0 aliphatic carbocycles. The molecule has 0 atom stereocenters. The van der Waals surface area contributed by atoms with Crippen LogP contribution in [0.25, 0.3) is 0 Å². The van der Waals surface area contributed by atoms with E-state index in [1.807, 2.05) is 0 Å². The van der Waals surface area contributed by atoms with E-state index in [4.69, 9.17) is 0 Å². The minimum absolute atomic E-state index is 0.0871. The second-order valence-electron chi connectivity index (χ2n) is 3.28. The molecule has 0 saturated heterocycles. The second-order valence-corrected chi connectivity index (χ2v) is 3.28. The van der Waals surface area contributed by atoms with E-state index in [0.717, 1.165) is 6.07 Å². The van der Waals surface area contributed by atoms with Crippen LogP contribution in [0, 0.1) is 17.0 Å². The first-order valence-electron chi connectivity index (χ1n) is 4.34. The van der Waals surface area contributed by atoms with Crippen LogP contribution in [0.1, 0.15) is 5.56 Å². The molecule has 0 heterocycles. The Labute approximate surface area is 89.2 Å². The first kappa shape index (κ1) is 12.3. The number of alkyl halides is 3. The zero-order chi connectivity index (χ0) is 12.3. The molecular formula is C9H9F3N2O2. The number of nitrogens with zero attached hydrogens (tertiary/aromatic N) is 1. The van der Waals surface area contributed by atoms with Gasteiger partial charge in [0.25, 0.3) is 5.69 Å². The molecule has 0 unspecified atom stereocenters. The van der Waals surface area contributed by atoms with Crippen LogP contribution in [-0.2, 0) is 0 Å². The normalized spacial score (nSPS) is 11.2. The predicted octanol–water partition coefficient (Wildman–Crippen LogP) is 2.88. The Kier molecular flexibility index (Phi) is 3.36. The molecule has 0 aliphatic rings. The Morgan fingerprint density at radius 3 is 2.50 bits per heavy atom. The molecule has 88 valence electrons. The van der Waals surface area contributed by atoms with Gasteiger partial charge in [0.15, 0.2) is 0 Å². The molecule has 0 aromatic heterocycles. The van der Waals surface area contributed by atoms with E-state index < -0.39 is 17.6 Å². The maximum Gasteiger partial charge on any atom is 0.405 e. The number of halogens is 3. The molecule has 0 saturated carbocycles. The molecule has 1 N–H and O–H groups in total. The minimum Gasteiger partial charge on any atom is -0.376 e. The summed E-state index contributed by atoms with van der Waals surface area (Å²) in [6, 6.07) is 3.77. The quantitative estimate of drug-likeness (QED) is 0.646. The molecule has 1 aromatic carbocycles. The van der Waals surface area contributed by atoms with Crippen LogP contribution in [-0.4, -0.2) is 17.6 Å². The van der Waals surface area contributed by atoms with Crippen LogP contribution in [0.5, 0.6) is 0 Å². The SMILES string of the molecule is Cc1cc(NCC(F)(F)F)cc([N+](=O)[O-])c1. The zero-order valence-corrected chi connectivity index (χ0v) is 8.34. The molecule has 1 rings (SSSR count). The van der Waals surface area contributed by atoms with E-state index in [1.165, 1.54) is 12.1 Å².